The molecule has 19 heavy (non-hydrogen) atoms. The zero-order valence-corrected chi connectivity index (χ0v) is 15.5. The standard InChI is InChI=1S/C15H23Br2NS/c1-2-18-14(12-10-13(16)19-15(12)17)11-8-6-4-3-5-7-9-11/h10-11,14,18H,2-9H2,1H3. The Hall–Kier alpha value is 0.620. The minimum Gasteiger partial charge on any atom is -0.310 e. The normalized spacial score (nSPS) is 19.9. The van der Waals surface area contributed by atoms with E-state index in [9.17, 15) is 0 Å². The lowest BCUT2D eigenvalue weighted by Gasteiger charge is -2.29. The van der Waals surface area contributed by atoms with Gasteiger partial charge in [0.15, 0.2) is 0 Å². The molecule has 1 aliphatic carbocycles. The molecule has 108 valence electrons. The minimum absolute atomic E-state index is 0.514. The van der Waals surface area contributed by atoms with Crippen molar-refractivity contribution in [1.29, 1.82) is 0 Å². The molecular weight excluding hydrogens is 386 g/mol. The van der Waals surface area contributed by atoms with E-state index in [1.807, 2.05) is 0 Å². The third-order valence-corrected chi connectivity index (χ3v) is 6.45. The summed E-state index contributed by atoms with van der Waals surface area (Å²) in [4.78, 5) is 0. The van der Waals surface area contributed by atoms with E-state index in [1.165, 1.54) is 58.1 Å². The number of thiophene rings is 1. The van der Waals surface area contributed by atoms with Crippen LogP contribution in [0.3, 0.4) is 0 Å². The van der Waals surface area contributed by atoms with E-state index in [-0.39, 0.29) is 0 Å². The second-order valence-corrected chi connectivity index (χ2v) is 9.17. The molecule has 0 saturated heterocycles. The zero-order chi connectivity index (χ0) is 13.7. The predicted octanol–water partition coefficient (Wildman–Crippen LogP) is 6.28. The van der Waals surface area contributed by atoms with Crippen molar-refractivity contribution in [3.05, 3.63) is 19.2 Å². The van der Waals surface area contributed by atoms with Crippen molar-refractivity contribution in [2.24, 2.45) is 5.92 Å². The van der Waals surface area contributed by atoms with Gasteiger partial charge in [-0.25, -0.2) is 0 Å². The van der Waals surface area contributed by atoms with E-state index < -0.39 is 0 Å². The average Bonchev–Trinajstić information content (AvgIpc) is 2.66. The molecule has 1 saturated carbocycles. The summed E-state index contributed by atoms with van der Waals surface area (Å²) in [5.74, 6) is 0.790. The summed E-state index contributed by atoms with van der Waals surface area (Å²) in [7, 11) is 0. The Morgan fingerprint density at radius 1 is 1.21 bits per heavy atom. The molecule has 0 bridgehead atoms. The first-order valence-corrected chi connectivity index (χ1v) is 9.80. The van der Waals surface area contributed by atoms with Crippen molar-refractivity contribution in [1.82, 2.24) is 5.32 Å². The summed E-state index contributed by atoms with van der Waals surface area (Å²) >= 11 is 9.14. The van der Waals surface area contributed by atoms with E-state index in [2.05, 4.69) is 50.2 Å². The maximum atomic E-state index is 3.74. The van der Waals surface area contributed by atoms with Crippen molar-refractivity contribution in [3.8, 4) is 0 Å². The number of halogens is 2. The number of hydrogen-bond donors (Lipinski definition) is 1. The first-order valence-electron chi connectivity index (χ1n) is 7.40. The van der Waals surface area contributed by atoms with Gasteiger partial charge in [0, 0.05) is 6.04 Å². The van der Waals surface area contributed by atoms with Crippen LogP contribution in [0, 0.1) is 5.92 Å². The predicted molar refractivity (Wildman–Crippen MR) is 91.9 cm³/mol. The van der Waals surface area contributed by atoms with Crippen LogP contribution in [0.15, 0.2) is 13.6 Å². The van der Waals surface area contributed by atoms with Crippen molar-refractivity contribution in [3.63, 3.8) is 0 Å². The molecule has 2 rings (SSSR count). The number of nitrogens with one attached hydrogen (secondary N) is 1. The van der Waals surface area contributed by atoms with Crippen LogP contribution >= 0.6 is 43.2 Å². The molecule has 0 radical (unpaired) electrons. The van der Waals surface area contributed by atoms with Gasteiger partial charge in [-0.1, -0.05) is 39.0 Å². The van der Waals surface area contributed by atoms with Crippen LogP contribution in [0.5, 0.6) is 0 Å². The number of rotatable bonds is 4. The SMILES string of the molecule is CCNC(c1cc(Br)sc1Br)C1CCCCCCC1. The van der Waals surface area contributed by atoms with Gasteiger partial charge in [-0.2, -0.15) is 0 Å². The maximum Gasteiger partial charge on any atom is 0.0758 e. The largest absolute Gasteiger partial charge is 0.310 e. The first-order chi connectivity index (χ1) is 9.22. The van der Waals surface area contributed by atoms with Crippen molar-refractivity contribution >= 4 is 43.2 Å². The fraction of sp³-hybridized carbons (Fsp3) is 0.733. The Kier molecular flexibility index (Phi) is 6.87. The lowest BCUT2D eigenvalue weighted by Crippen LogP contribution is -2.28. The second-order valence-electron chi connectivity index (χ2n) is 5.42. The van der Waals surface area contributed by atoms with Gasteiger partial charge in [-0.05, 0) is 68.8 Å². The molecular formula is C15H23Br2NS. The molecule has 1 heterocycles. The molecule has 0 aliphatic heterocycles. The van der Waals surface area contributed by atoms with Crippen LogP contribution in [-0.2, 0) is 0 Å². The highest BCUT2D eigenvalue weighted by atomic mass is 79.9. The van der Waals surface area contributed by atoms with Gasteiger partial charge in [-0.3, -0.25) is 0 Å². The Morgan fingerprint density at radius 2 is 1.84 bits per heavy atom. The van der Waals surface area contributed by atoms with E-state index in [1.54, 1.807) is 11.3 Å². The van der Waals surface area contributed by atoms with Gasteiger partial charge in [-0.15, -0.1) is 11.3 Å². The maximum absolute atomic E-state index is 3.74. The van der Waals surface area contributed by atoms with Crippen molar-refractivity contribution < 1.29 is 0 Å². The highest BCUT2D eigenvalue weighted by Crippen LogP contribution is 2.41. The quantitative estimate of drug-likeness (QED) is 0.617. The van der Waals surface area contributed by atoms with Crippen LogP contribution in [0.4, 0.5) is 0 Å². The third-order valence-electron chi connectivity index (χ3n) is 4.06. The summed E-state index contributed by atoms with van der Waals surface area (Å²) in [5.41, 5.74) is 1.45. The van der Waals surface area contributed by atoms with Gasteiger partial charge in [0.05, 0.1) is 7.57 Å². The molecule has 1 aromatic rings. The van der Waals surface area contributed by atoms with Crippen LogP contribution in [0.25, 0.3) is 0 Å². The molecule has 1 N–H and O–H groups in total. The monoisotopic (exact) mass is 407 g/mol. The van der Waals surface area contributed by atoms with E-state index >= 15 is 0 Å². The van der Waals surface area contributed by atoms with Gasteiger partial charge in [0.2, 0.25) is 0 Å². The molecule has 0 spiro atoms. The summed E-state index contributed by atoms with van der Waals surface area (Å²) in [6.45, 7) is 3.26. The molecule has 4 heteroatoms. The Morgan fingerprint density at radius 3 is 2.37 bits per heavy atom. The van der Waals surface area contributed by atoms with Gasteiger partial charge in [0.25, 0.3) is 0 Å². The van der Waals surface area contributed by atoms with Gasteiger partial charge in [0.1, 0.15) is 0 Å². The fourth-order valence-corrected chi connectivity index (χ4v) is 6.07. The summed E-state index contributed by atoms with van der Waals surface area (Å²) in [6.07, 6.45) is 9.82. The van der Waals surface area contributed by atoms with Crippen LogP contribution in [-0.4, -0.2) is 6.54 Å². The first kappa shape index (κ1) is 16.0. The summed E-state index contributed by atoms with van der Waals surface area (Å²) in [6, 6.07) is 2.81. The van der Waals surface area contributed by atoms with Crippen LogP contribution in [0.1, 0.15) is 63.5 Å². The fourth-order valence-electron chi connectivity index (χ4n) is 3.14. The van der Waals surface area contributed by atoms with Crippen LogP contribution < -0.4 is 5.32 Å². The van der Waals surface area contributed by atoms with Gasteiger partial charge >= 0.3 is 0 Å². The zero-order valence-electron chi connectivity index (χ0n) is 11.6. The molecule has 1 fully saturated rings. The van der Waals surface area contributed by atoms with Crippen LogP contribution in [0.2, 0.25) is 0 Å². The summed E-state index contributed by atoms with van der Waals surface area (Å²) < 4.78 is 2.51. The lowest BCUT2D eigenvalue weighted by atomic mass is 9.83. The van der Waals surface area contributed by atoms with Crippen molar-refractivity contribution in [2.75, 3.05) is 6.54 Å². The molecule has 1 aromatic heterocycles. The Bertz CT molecular complexity index is 383. The Labute approximate surface area is 137 Å². The number of hydrogen-bond acceptors (Lipinski definition) is 2. The minimum atomic E-state index is 0.514. The molecule has 1 unspecified atom stereocenters. The van der Waals surface area contributed by atoms with Gasteiger partial charge < -0.3 is 5.32 Å². The molecule has 0 amide bonds. The highest BCUT2D eigenvalue weighted by molar-refractivity contribution is 9.12. The second kappa shape index (κ2) is 8.16. The average molecular weight is 409 g/mol. The van der Waals surface area contributed by atoms with E-state index in [0.29, 0.717) is 6.04 Å². The van der Waals surface area contributed by atoms with E-state index in [4.69, 9.17) is 0 Å². The smallest absolute Gasteiger partial charge is 0.0758 e. The van der Waals surface area contributed by atoms with E-state index in [0.717, 1.165) is 12.5 Å². The topological polar surface area (TPSA) is 12.0 Å². The lowest BCUT2D eigenvalue weighted by molar-refractivity contribution is 0.291. The Balaban J connectivity index is 2.15. The third kappa shape index (κ3) is 4.55. The highest BCUT2D eigenvalue weighted by Gasteiger charge is 2.25. The molecule has 1 aliphatic rings. The molecule has 1 nitrogen and oxygen atoms in total. The molecule has 0 aromatic carbocycles. The summed E-state index contributed by atoms with van der Waals surface area (Å²) in [5, 5.41) is 3.73. The van der Waals surface area contributed by atoms with Crippen molar-refractivity contribution in [2.45, 2.75) is 57.9 Å². The molecule has 1 atom stereocenters.